The maximum atomic E-state index is 12.1. The second kappa shape index (κ2) is 7.31. The van der Waals surface area contributed by atoms with Crippen LogP contribution in [0.4, 0.5) is 0 Å². The van der Waals surface area contributed by atoms with Gasteiger partial charge in [0, 0.05) is 23.9 Å². The van der Waals surface area contributed by atoms with Gasteiger partial charge in [-0.3, -0.25) is 9.89 Å². The molecule has 6 heteroatoms. The fourth-order valence-electron chi connectivity index (χ4n) is 2.80. The zero-order valence-electron chi connectivity index (χ0n) is 12.8. The van der Waals surface area contributed by atoms with Crippen LogP contribution in [0, 0.1) is 0 Å². The molecular weight excluding hydrogens is 286 g/mol. The van der Waals surface area contributed by atoms with Crippen molar-refractivity contribution in [2.45, 2.75) is 50.5 Å². The predicted octanol–water partition coefficient (Wildman–Crippen LogP) is 2.30. The van der Waals surface area contributed by atoms with Crippen LogP contribution in [0.5, 0.6) is 0 Å². The highest BCUT2D eigenvalue weighted by Crippen LogP contribution is 2.31. The Labute approximate surface area is 130 Å². The highest BCUT2D eigenvalue weighted by molar-refractivity contribution is 7.98. The molecule has 0 saturated heterocycles. The maximum absolute atomic E-state index is 12.1. The summed E-state index contributed by atoms with van der Waals surface area (Å²) in [6.45, 7) is 1.96. The van der Waals surface area contributed by atoms with E-state index in [9.17, 15) is 9.90 Å². The van der Waals surface area contributed by atoms with E-state index in [2.05, 4.69) is 15.5 Å². The van der Waals surface area contributed by atoms with Gasteiger partial charge in [-0.15, -0.1) is 0 Å². The van der Waals surface area contributed by atoms with Crippen molar-refractivity contribution in [2.75, 3.05) is 18.6 Å². The molecule has 1 heterocycles. The van der Waals surface area contributed by atoms with Crippen LogP contribution in [0.1, 0.15) is 61.1 Å². The van der Waals surface area contributed by atoms with E-state index in [0.29, 0.717) is 17.4 Å². The van der Waals surface area contributed by atoms with Crippen LogP contribution in [0.15, 0.2) is 6.07 Å². The summed E-state index contributed by atoms with van der Waals surface area (Å²) in [7, 11) is 0. The van der Waals surface area contributed by atoms with Crippen LogP contribution in [-0.2, 0) is 0 Å². The van der Waals surface area contributed by atoms with Crippen LogP contribution >= 0.6 is 11.8 Å². The van der Waals surface area contributed by atoms with Crippen LogP contribution in [0.3, 0.4) is 0 Å². The standard InChI is InChI=1S/C15H25N3O2S/c1-15(20,10-21-2)9-16-14(19)13-8-12(17-18-13)11-6-4-3-5-7-11/h8,11,20H,3-7,9-10H2,1-2H3,(H,16,19)(H,17,18). The number of amides is 1. The number of aromatic amines is 1. The number of aromatic nitrogens is 2. The van der Waals surface area contributed by atoms with Crippen LogP contribution in [0.25, 0.3) is 0 Å². The molecule has 1 atom stereocenters. The number of H-pyrrole nitrogens is 1. The molecule has 3 N–H and O–H groups in total. The molecule has 0 aliphatic heterocycles. The number of aliphatic hydroxyl groups is 1. The van der Waals surface area contributed by atoms with Crippen molar-refractivity contribution in [2.24, 2.45) is 0 Å². The van der Waals surface area contributed by atoms with Crippen molar-refractivity contribution in [3.05, 3.63) is 17.5 Å². The first-order valence-corrected chi connectivity index (χ1v) is 8.96. The highest BCUT2D eigenvalue weighted by atomic mass is 32.2. The summed E-state index contributed by atoms with van der Waals surface area (Å²) < 4.78 is 0. The first-order valence-electron chi connectivity index (χ1n) is 7.57. The number of hydrogen-bond donors (Lipinski definition) is 3. The van der Waals surface area contributed by atoms with E-state index in [0.717, 1.165) is 5.69 Å². The highest BCUT2D eigenvalue weighted by Gasteiger charge is 2.23. The van der Waals surface area contributed by atoms with Crippen molar-refractivity contribution in [1.29, 1.82) is 0 Å². The van der Waals surface area contributed by atoms with Gasteiger partial charge in [-0.25, -0.2) is 0 Å². The molecule has 0 aromatic carbocycles. The number of rotatable bonds is 6. The number of hydrogen-bond acceptors (Lipinski definition) is 4. The fraction of sp³-hybridized carbons (Fsp3) is 0.733. The van der Waals surface area contributed by atoms with Crippen molar-refractivity contribution < 1.29 is 9.90 Å². The molecule has 1 aliphatic rings. The van der Waals surface area contributed by atoms with E-state index in [1.165, 1.54) is 32.1 Å². The van der Waals surface area contributed by atoms with Gasteiger partial charge in [-0.05, 0) is 32.1 Å². The molecule has 0 spiro atoms. The maximum Gasteiger partial charge on any atom is 0.271 e. The Bertz CT molecular complexity index is 467. The molecule has 0 radical (unpaired) electrons. The van der Waals surface area contributed by atoms with Gasteiger partial charge in [0.15, 0.2) is 0 Å². The zero-order valence-corrected chi connectivity index (χ0v) is 13.6. The Hall–Kier alpha value is -1.01. The summed E-state index contributed by atoms with van der Waals surface area (Å²) in [4.78, 5) is 12.1. The lowest BCUT2D eigenvalue weighted by molar-refractivity contribution is 0.0722. The van der Waals surface area contributed by atoms with Crippen molar-refractivity contribution >= 4 is 17.7 Å². The third kappa shape index (κ3) is 4.74. The SMILES string of the molecule is CSCC(C)(O)CNC(=O)c1cc(C2CCCCC2)[nH]n1. The molecule has 0 bridgehead atoms. The quantitative estimate of drug-likeness (QED) is 0.753. The lowest BCUT2D eigenvalue weighted by Crippen LogP contribution is -2.42. The summed E-state index contributed by atoms with van der Waals surface area (Å²) >= 11 is 1.56. The molecular formula is C15H25N3O2S. The average Bonchev–Trinajstić information content (AvgIpc) is 2.96. The largest absolute Gasteiger partial charge is 0.387 e. The third-order valence-corrected chi connectivity index (χ3v) is 4.87. The first-order chi connectivity index (χ1) is 10.0. The Morgan fingerprint density at radius 3 is 2.90 bits per heavy atom. The molecule has 1 aromatic rings. The Morgan fingerprint density at radius 2 is 2.24 bits per heavy atom. The molecule has 1 amide bonds. The second-order valence-corrected chi connectivity index (χ2v) is 7.02. The molecule has 1 saturated carbocycles. The van der Waals surface area contributed by atoms with Gasteiger partial charge in [0.1, 0.15) is 5.69 Å². The molecule has 1 aromatic heterocycles. The second-order valence-electron chi connectivity index (χ2n) is 6.16. The van der Waals surface area contributed by atoms with E-state index in [-0.39, 0.29) is 12.5 Å². The molecule has 2 rings (SSSR count). The molecule has 1 aliphatic carbocycles. The smallest absolute Gasteiger partial charge is 0.271 e. The lowest BCUT2D eigenvalue weighted by atomic mass is 9.87. The topological polar surface area (TPSA) is 78.0 Å². The van der Waals surface area contributed by atoms with Crippen molar-refractivity contribution in [3.63, 3.8) is 0 Å². The summed E-state index contributed by atoms with van der Waals surface area (Å²) in [5.74, 6) is 0.864. The van der Waals surface area contributed by atoms with Gasteiger partial charge in [0.25, 0.3) is 5.91 Å². The average molecular weight is 311 g/mol. The summed E-state index contributed by atoms with van der Waals surface area (Å²) in [5.41, 5.74) is 0.587. The molecule has 118 valence electrons. The van der Waals surface area contributed by atoms with Gasteiger partial charge in [0.2, 0.25) is 0 Å². The Balaban J connectivity index is 1.89. The zero-order chi connectivity index (χ0) is 15.3. The summed E-state index contributed by atoms with van der Waals surface area (Å²) in [6.07, 6.45) is 8.09. The molecule has 1 unspecified atom stereocenters. The normalized spacial score (nSPS) is 19.2. The lowest BCUT2D eigenvalue weighted by Gasteiger charge is -2.22. The van der Waals surface area contributed by atoms with Crippen molar-refractivity contribution in [3.8, 4) is 0 Å². The Morgan fingerprint density at radius 1 is 1.52 bits per heavy atom. The van der Waals surface area contributed by atoms with Gasteiger partial charge in [-0.2, -0.15) is 16.9 Å². The van der Waals surface area contributed by atoms with E-state index in [1.54, 1.807) is 18.7 Å². The van der Waals surface area contributed by atoms with Crippen LogP contribution in [-0.4, -0.2) is 45.4 Å². The monoisotopic (exact) mass is 311 g/mol. The van der Waals surface area contributed by atoms with E-state index < -0.39 is 5.60 Å². The third-order valence-electron chi connectivity index (χ3n) is 3.96. The minimum Gasteiger partial charge on any atom is -0.387 e. The van der Waals surface area contributed by atoms with Gasteiger partial charge in [-0.1, -0.05) is 19.3 Å². The molecule has 1 fully saturated rings. The molecule has 21 heavy (non-hydrogen) atoms. The fourth-order valence-corrected chi connectivity index (χ4v) is 3.52. The van der Waals surface area contributed by atoms with Gasteiger partial charge in [0.05, 0.1) is 5.60 Å². The number of carbonyl (C=O) groups excluding carboxylic acids is 1. The van der Waals surface area contributed by atoms with E-state index in [1.807, 2.05) is 12.3 Å². The number of carbonyl (C=O) groups is 1. The number of nitrogens with zero attached hydrogens (tertiary/aromatic N) is 1. The summed E-state index contributed by atoms with van der Waals surface area (Å²) in [6, 6.07) is 1.86. The van der Waals surface area contributed by atoms with Crippen LogP contribution < -0.4 is 5.32 Å². The van der Waals surface area contributed by atoms with Crippen molar-refractivity contribution in [1.82, 2.24) is 15.5 Å². The number of thioether (sulfide) groups is 1. The summed E-state index contributed by atoms with van der Waals surface area (Å²) in [5, 5.41) is 19.9. The van der Waals surface area contributed by atoms with Gasteiger partial charge >= 0.3 is 0 Å². The Kier molecular flexibility index (Phi) is 5.70. The molecule has 5 nitrogen and oxygen atoms in total. The van der Waals surface area contributed by atoms with E-state index >= 15 is 0 Å². The number of nitrogens with one attached hydrogen (secondary N) is 2. The minimum absolute atomic E-state index is 0.227. The van der Waals surface area contributed by atoms with Crippen LogP contribution in [0.2, 0.25) is 0 Å². The van der Waals surface area contributed by atoms with E-state index in [4.69, 9.17) is 0 Å². The van der Waals surface area contributed by atoms with Gasteiger partial charge < -0.3 is 10.4 Å². The minimum atomic E-state index is -0.891. The predicted molar refractivity (Wildman–Crippen MR) is 85.8 cm³/mol. The first kappa shape index (κ1) is 16.4.